The molecule has 0 fully saturated rings. The largest absolute Gasteiger partial charge is 0.489 e. The Labute approximate surface area is 379 Å². The van der Waals surface area contributed by atoms with Crippen LogP contribution in [0.1, 0.15) is 32.6 Å². The average Bonchev–Trinajstić information content (AvgIpc) is 3.72. The molecule has 7 nitrogen and oxygen atoms in total. The summed E-state index contributed by atoms with van der Waals surface area (Å²) in [5.74, 6) is 1.33. The van der Waals surface area contributed by atoms with Crippen molar-refractivity contribution in [3.05, 3.63) is 200 Å². The summed E-state index contributed by atoms with van der Waals surface area (Å²) in [6, 6.07) is 47.5. The van der Waals surface area contributed by atoms with Crippen LogP contribution in [0.3, 0.4) is 0 Å². The second-order valence-electron chi connectivity index (χ2n) is 14.9. The molecule has 0 saturated heterocycles. The zero-order valence-electron chi connectivity index (χ0n) is 34.6. The molecule has 0 unspecified atom stereocenters. The van der Waals surface area contributed by atoms with E-state index in [1.54, 1.807) is 56.1 Å². The number of nitrogens with one attached hydrogen (secondary N) is 1. The van der Waals surface area contributed by atoms with Gasteiger partial charge in [-0.15, -0.1) is 0 Å². The maximum atomic E-state index is 12.2. The third-order valence-corrected chi connectivity index (χ3v) is 11.2. The molecule has 0 atom stereocenters. The number of benzene rings is 7. The van der Waals surface area contributed by atoms with Crippen LogP contribution in [-0.4, -0.2) is 41.7 Å². The molecule has 62 heavy (non-hydrogen) atoms. The van der Waals surface area contributed by atoms with E-state index in [4.69, 9.17) is 44.3 Å². The topological polar surface area (TPSA) is 108 Å². The lowest BCUT2D eigenvalue weighted by Crippen LogP contribution is -2.27. The summed E-state index contributed by atoms with van der Waals surface area (Å²) in [5.41, 5.74) is 8.04. The zero-order chi connectivity index (χ0) is 44.2. The number of ether oxygens (including phenoxy) is 2. The Bertz CT molecular complexity index is 2640. The quantitative estimate of drug-likeness (QED) is 0.0964. The SMILES string of the molecule is CB(O)C1=Cc2ccc(OCc3ccccc3)cc2C1.CB(O)c1ccc(COc2ccc(Cl)c3ccccc23)cc1.CB(O)c1ccc(Cl)c(C(=O)Nc2ccccc2Cl)c1. The van der Waals surface area contributed by atoms with Gasteiger partial charge in [-0.25, -0.2) is 0 Å². The van der Waals surface area contributed by atoms with Gasteiger partial charge in [-0.05, 0) is 82.1 Å². The molecule has 7 aromatic rings. The number of rotatable bonds is 11. The number of carbonyl (C=O) groups is 1. The fourth-order valence-electron chi connectivity index (χ4n) is 6.59. The Balaban J connectivity index is 0.000000155. The Hall–Kier alpha value is -5.45. The molecule has 0 saturated carbocycles. The second-order valence-corrected chi connectivity index (χ2v) is 16.1. The standard InChI is InChI=1S/C18H16BClO2.C17H17BO2.C14H12BCl2NO2/c1-19(21)14-8-6-13(7-9-14)12-22-18-11-10-17(20)15-4-2-3-5-16(15)18;1-18(19)16-9-14-7-8-17(11-15(14)10-16)20-12-13-5-3-2-4-6-13;1-15(20)9-6-7-11(16)10(8-9)14(19)18-13-5-3-2-4-12(13)17/h2-11,21H,12H2,1H3;2-9,11,19H,10,12H2,1H3;2-8,20H,1H3,(H,18,19). The molecule has 0 heterocycles. The molecule has 312 valence electrons. The lowest BCUT2D eigenvalue weighted by Gasteiger charge is -2.11. The van der Waals surface area contributed by atoms with Crippen LogP contribution in [0.4, 0.5) is 5.69 Å². The molecule has 0 bridgehead atoms. The molecule has 13 heteroatoms. The third-order valence-electron chi connectivity index (χ3n) is 10.2. The maximum absolute atomic E-state index is 12.2. The predicted molar refractivity (Wildman–Crippen MR) is 260 cm³/mol. The van der Waals surface area contributed by atoms with Crippen LogP contribution in [0.25, 0.3) is 16.8 Å². The highest BCUT2D eigenvalue weighted by Crippen LogP contribution is 2.32. The number of para-hydroxylation sites is 1. The Morgan fingerprint density at radius 1 is 0.597 bits per heavy atom. The van der Waals surface area contributed by atoms with Gasteiger partial charge in [0.2, 0.25) is 0 Å². The average molecular weight is 883 g/mol. The predicted octanol–water partition coefficient (Wildman–Crippen LogP) is 10.3. The first-order valence-electron chi connectivity index (χ1n) is 20.1. The van der Waals surface area contributed by atoms with Gasteiger partial charge in [0.15, 0.2) is 0 Å². The van der Waals surface area contributed by atoms with Crippen molar-refractivity contribution >= 4 is 94.9 Å². The number of hydrogen-bond donors (Lipinski definition) is 4. The zero-order valence-corrected chi connectivity index (χ0v) is 36.8. The van der Waals surface area contributed by atoms with Crippen molar-refractivity contribution in [2.75, 3.05) is 5.32 Å². The van der Waals surface area contributed by atoms with Crippen molar-refractivity contribution in [3.8, 4) is 11.5 Å². The van der Waals surface area contributed by atoms with E-state index in [-0.39, 0.29) is 12.8 Å². The number of anilines is 1. The summed E-state index contributed by atoms with van der Waals surface area (Å²) in [7, 11) is 0. The Morgan fingerprint density at radius 3 is 1.90 bits per heavy atom. The van der Waals surface area contributed by atoms with Gasteiger partial charge in [-0.2, -0.15) is 0 Å². The number of hydrogen-bond acceptors (Lipinski definition) is 6. The molecule has 0 radical (unpaired) electrons. The minimum atomic E-state index is -0.667. The van der Waals surface area contributed by atoms with E-state index in [1.165, 1.54) is 11.1 Å². The maximum Gasteiger partial charge on any atom is 0.320 e. The third kappa shape index (κ3) is 12.6. The molecule has 7 aromatic carbocycles. The molecule has 1 aliphatic rings. The van der Waals surface area contributed by atoms with Crippen molar-refractivity contribution in [3.63, 3.8) is 0 Å². The lowest BCUT2D eigenvalue weighted by molar-refractivity contribution is 0.102. The van der Waals surface area contributed by atoms with Gasteiger partial charge in [-0.1, -0.05) is 176 Å². The van der Waals surface area contributed by atoms with Crippen LogP contribution in [-0.2, 0) is 19.6 Å². The second kappa shape index (κ2) is 22.1. The summed E-state index contributed by atoms with van der Waals surface area (Å²) in [6.07, 6.45) is 2.89. The summed E-state index contributed by atoms with van der Waals surface area (Å²) >= 11 is 18.2. The fraction of sp³-hybridized carbons (Fsp3) is 0.122. The molecular formula is C49H45B3Cl3NO6. The van der Waals surface area contributed by atoms with E-state index in [0.717, 1.165) is 55.8 Å². The normalized spacial score (nSPS) is 11.2. The molecule has 4 N–H and O–H groups in total. The van der Waals surface area contributed by atoms with Crippen LogP contribution in [0.15, 0.2) is 157 Å². The minimum absolute atomic E-state index is 0.296. The van der Waals surface area contributed by atoms with E-state index in [0.29, 0.717) is 40.0 Å². The summed E-state index contributed by atoms with van der Waals surface area (Å²) in [4.78, 5) is 12.2. The van der Waals surface area contributed by atoms with Crippen molar-refractivity contribution < 1.29 is 29.3 Å². The van der Waals surface area contributed by atoms with Crippen molar-refractivity contribution in [2.45, 2.75) is 40.1 Å². The lowest BCUT2D eigenvalue weighted by atomic mass is 9.63. The number of amides is 1. The van der Waals surface area contributed by atoms with E-state index < -0.39 is 13.8 Å². The number of allylic oxidation sites excluding steroid dienone is 1. The summed E-state index contributed by atoms with van der Waals surface area (Å²) in [6.45, 7) is 4.75. The van der Waals surface area contributed by atoms with Gasteiger partial charge in [0.05, 0.1) is 21.3 Å². The highest BCUT2D eigenvalue weighted by molar-refractivity contribution is 6.65. The number of carbonyl (C=O) groups excluding carboxylic acids is 1. The van der Waals surface area contributed by atoms with Gasteiger partial charge >= 0.3 is 20.7 Å². The van der Waals surface area contributed by atoms with Crippen LogP contribution >= 0.6 is 34.8 Å². The van der Waals surface area contributed by atoms with E-state index in [2.05, 4.69) is 35.7 Å². The van der Waals surface area contributed by atoms with E-state index >= 15 is 0 Å². The number of fused-ring (bicyclic) bond motifs is 2. The Kier molecular flexibility index (Phi) is 16.4. The van der Waals surface area contributed by atoms with Crippen LogP contribution < -0.4 is 25.7 Å². The van der Waals surface area contributed by atoms with Gasteiger partial charge in [-0.3, -0.25) is 4.79 Å². The molecule has 0 aromatic heterocycles. The van der Waals surface area contributed by atoms with Gasteiger partial charge in [0.1, 0.15) is 24.7 Å². The van der Waals surface area contributed by atoms with Gasteiger partial charge in [0.25, 0.3) is 5.91 Å². The van der Waals surface area contributed by atoms with Crippen LogP contribution in [0.2, 0.25) is 35.5 Å². The smallest absolute Gasteiger partial charge is 0.320 e. The molecular weight excluding hydrogens is 837 g/mol. The molecule has 8 rings (SSSR count). The van der Waals surface area contributed by atoms with Crippen LogP contribution in [0.5, 0.6) is 11.5 Å². The van der Waals surface area contributed by atoms with Crippen molar-refractivity contribution in [2.24, 2.45) is 0 Å². The van der Waals surface area contributed by atoms with Crippen molar-refractivity contribution in [1.29, 1.82) is 0 Å². The first kappa shape index (κ1) is 46.1. The van der Waals surface area contributed by atoms with Gasteiger partial charge in [0, 0.05) is 15.8 Å². The molecule has 0 spiro atoms. The monoisotopic (exact) mass is 881 g/mol. The van der Waals surface area contributed by atoms with Crippen LogP contribution in [0, 0.1) is 0 Å². The highest BCUT2D eigenvalue weighted by Gasteiger charge is 2.19. The fourth-order valence-corrected chi connectivity index (χ4v) is 7.20. The minimum Gasteiger partial charge on any atom is -0.489 e. The first-order valence-corrected chi connectivity index (χ1v) is 21.3. The molecule has 1 aliphatic carbocycles. The Morgan fingerprint density at radius 2 is 1.21 bits per heavy atom. The highest BCUT2D eigenvalue weighted by atomic mass is 35.5. The first-order chi connectivity index (χ1) is 29.9. The summed E-state index contributed by atoms with van der Waals surface area (Å²) in [5, 5.41) is 34.9. The van der Waals surface area contributed by atoms with Crippen molar-refractivity contribution in [1.82, 2.24) is 0 Å². The summed E-state index contributed by atoms with van der Waals surface area (Å²) < 4.78 is 11.8. The van der Waals surface area contributed by atoms with Gasteiger partial charge < -0.3 is 29.9 Å². The molecule has 1 amide bonds. The number of halogens is 3. The van der Waals surface area contributed by atoms with E-state index in [9.17, 15) is 19.9 Å². The van der Waals surface area contributed by atoms with E-state index in [1.807, 2.05) is 91.8 Å². The molecule has 0 aliphatic heterocycles.